The summed E-state index contributed by atoms with van der Waals surface area (Å²) in [6, 6.07) is 8.70. The summed E-state index contributed by atoms with van der Waals surface area (Å²) >= 11 is 0. The van der Waals surface area contributed by atoms with Gasteiger partial charge in [-0.15, -0.1) is 0 Å². The zero-order valence-corrected chi connectivity index (χ0v) is 32.0. The minimum Gasteiger partial charge on any atom is -0.410 e. The first-order valence-corrected chi connectivity index (χ1v) is 20.6. The maximum atomic E-state index is 14.1. The van der Waals surface area contributed by atoms with Crippen LogP contribution in [-0.2, 0) is 39.0 Å². The third-order valence-electron chi connectivity index (χ3n) is 9.66. The number of aromatic amines is 1. The van der Waals surface area contributed by atoms with Crippen molar-refractivity contribution in [2.75, 3.05) is 40.0 Å². The zero-order valence-electron chi connectivity index (χ0n) is 30.3. The van der Waals surface area contributed by atoms with Crippen LogP contribution in [0.3, 0.4) is 0 Å². The molecular formula is C34H53BN6O9P2+2. The molecule has 1 aromatic heterocycles. The van der Waals surface area contributed by atoms with Crippen LogP contribution >= 0.6 is 16.1 Å². The summed E-state index contributed by atoms with van der Waals surface area (Å²) in [4.78, 5) is 57.7. The van der Waals surface area contributed by atoms with Crippen molar-refractivity contribution in [2.45, 2.75) is 82.2 Å². The van der Waals surface area contributed by atoms with E-state index in [1.807, 2.05) is 30.3 Å². The monoisotopic (exact) mass is 762 g/mol. The van der Waals surface area contributed by atoms with E-state index in [1.54, 1.807) is 6.20 Å². The summed E-state index contributed by atoms with van der Waals surface area (Å²) in [5, 5.41) is 8.53. The summed E-state index contributed by atoms with van der Waals surface area (Å²) in [5.41, 5.74) is -1.14. The van der Waals surface area contributed by atoms with Gasteiger partial charge in [0.15, 0.2) is 26.5 Å². The fraction of sp³-hybridized carbons (Fsp3) is 0.618. The van der Waals surface area contributed by atoms with Gasteiger partial charge >= 0.3 is 14.7 Å². The number of nitrogens with zero attached hydrogens (tertiary/aromatic N) is 1. The number of rotatable bonds is 16. The molecule has 1 saturated heterocycles. The van der Waals surface area contributed by atoms with Gasteiger partial charge in [-0.25, -0.2) is 9.97 Å². The van der Waals surface area contributed by atoms with E-state index in [0.29, 0.717) is 32.5 Å². The number of H-pyrrole nitrogens is 1. The highest BCUT2D eigenvalue weighted by Gasteiger charge is 2.66. The van der Waals surface area contributed by atoms with Crippen molar-refractivity contribution < 1.29 is 52.1 Å². The molecule has 0 radical (unpaired) electrons. The minimum absolute atomic E-state index is 0.132. The average Bonchev–Trinajstić information content (AvgIpc) is 3.87. The second kappa shape index (κ2) is 20.4. The lowest BCUT2D eigenvalue weighted by atomic mass is 9.71. The molecule has 2 fully saturated rings. The molecule has 18 heteroatoms. The van der Waals surface area contributed by atoms with Gasteiger partial charge in [0.2, 0.25) is 17.3 Å². The Labute approximate surface area is 307 Å². The molecule has 1 aromatic carbocycles. The lowest BCUT2D eigenvalue weighted by Gasteiger charge is -2.29. The first-order chi connectivity index (χ1) is 25.0. The molecule has 1 aliphatic heterocycles. The molecule has 52 heavy (non-hydrogen) atoms. The van der Waals surface area contributed by atoms with Crippen molar-refractivity contribution in [2.24, 2.45) is 11.8 Å². The van der Waals surface area contributed by atoms with Crippen LogP contribution in [-0.4, -0.2) is 91.7 Å². The fourth-order valence-electron chi connectivity index (χ4n) is 6.70. The van der Waals surface area contributed by atoms with Crippen molar-refractivity contribution in [1.82, 2.24) is 20.9 Å². The Morgan fingerprint density at radius 1 is 1.13 bits per heavy atom. The number of aromatic nitrogens is 2. The number of nitrogens with one attached hydrogen (secondary N) is 5. The second-order valence-electron chi connectivity index (χ2n) is 13.8. The van der Waals surface area contributed by atoms with Crippen molar-refractivity contribution in [3.63, 3.8) is 0 Å². The van der Waals surface area contributed by atoms with E-state index in [0.717, 1.165) is 58.0 Å². The second-order valence-corrected chi connectivity index (χ2v) is 17.0. The van der Waals surface area contributed by atoms with Crippen LogP contribution in [0.2, 0.25) is 0 Å². The van der Waals surface area contributed by atoms with Crippen molar-refractivity contribution in [1.29, 1.82) is 0 Å². The molecule has 284 valence electrons. The molecule has 6 N–H and O–H groups in total. The highest BCUT2D eigenvalue weighted by atomic mass is 31.2. The summed E-state index contributed by atoms with van der Waals surface area (Å²) in [5.74, 6) is -0.823. The van der Waals surface area contributed by atoms with Gasteiger partial charge in [0.05, 0.1) is 31.3 Å². The first kappa shape index (κ1) is 41.7. The van der Waals surface area contributed by atoms with E-state index >= 15 is 0 Å². The first-order valence-electron chi connectivity index (χ1n) is 18.0. The molecule has 15 nitrogen and oxygen atoms in total. The number of hydrogen-bond acceptors (Lipinski definition) is 9. The van der Waals surface area contributed by atoms with Crippen molar-refractivity contribution in [3.8, 4) is 0 Å². The normalized spacial score (nSPS) is 22.6. The fourth-order valence-corrected chi connectivity index (χ4v) is 8.17. The predicted octanol–water partition coefficient (Wildman–Crippen LogP) is 1.59. The van der Waals surface area contributed by atoms with Gasteiger partial charge in [0.25, 0.3) is 5.91 Å². The van der Waals surface area contributed by atoms with Crippen LogP contribution in [0.4, 0.5) is 0 Å². The van der Waals surface area contributed by atoms with E-state index in [-0.39, 0.29) is 29.9 Å². The van der Waals surface area contributed by atoms with E-state index in [2.05, 4.69) is 44.3 Å². The Balaban J connectivity index is 1.35. The number of benzene rings is 1. The van der Waals surface area contributed by atoms with Crippen molar-refractivity contribution >= 4 is 40.9 Å². The molecule has 2 aromatic rings. The minimum atomic E-state index is -4.21. The maximum Gasteiger partial charge on any atom is 0.484 e. The van der Waals surface area contributed by atoms with Gasteiger partial charge in [0.1, 0.15) is 6.04 Å². The van der Waals surface area contributed by atoms with Gasteiger partial charge in [-0.3, -0.25) is 23.5 Å². The molecule has 3 amide bonds. The number of hydrogen-bond donors (Lipinski definition) is 5. The van der Waals surface area contributed by atoms with E-state index in [4.69, 9.17) is 9.31 Å². The standard InChI is InChI=1S/C34H51BN6O9P2/c1-25(2)27-23-34(27,40-32(44)28(22-26-12-5-4-6-13-26)38-31(43)29-24-36-15-16-37-29)35-49-20-9-7-17-41(18-8-10-21-50-35)19-11-14-30(42)39-33(51-45)52(46,47)48-3/h4-6,12-13,15-16,24-25,27-28,33H,7-11,14,17-23H2,1-3H3,(H,38,43)(H,39,42)(H,40,44)(H,46,47)/p+2. The van der Waals surface area contributed by atoms with E-state index in [9.17, 15) is 28.4 Å². The molecule has 5 atom stereocenters. The smallest absolute Gasteiger partial charge is 0.410 e. The Bertz CT molecular complexity index is 1500. The molecule has 2 aliphatic rings. The number of carbonyl (C=O) groups excluding carboxylic acids is 3. The highest BCUT2D eigenvalue weighted by molar-refractivity contribution is 7.62. The molecule has 0 spiro atoms. The Kier molecular flexibility index (Phi) is 16.3. The molecular weight excluding hydrogens is 709 g/mol. The third-order valence-corrected chi connectivity index (χ3v) is 12.4. The van der Waals surface area contributed by atoms with E-state index < -0.39 is 52.0 Å². The summed E-state index contributed by atoms with van der Waals surface area (Å²) in [6.45, 7) is 7.66. The molecule has 0 bridgehead atoms. The lowest BCUT2D eigenvalue weighted by Crippen LogP contribution is -3.12. The summed E-state index contributed by atoms with van der Waals surface area (Å²) in [7, 11) is -4.51. The summed E-state index contributed by atoms with van der Waals surface area (Å²) in [6.07, 6.45) is 9.61. The van der Waals surface area contributed by atoms with Gasteiger partial charge in [-0.1, -0.05) is 44.2 Å². The number of quaternary nitrogens is 1. The van der Waals surface area contributed by atoms with Crippen LogP contribution in [0.5, 0.6) is 0 Å². The van der Waals surface area contributed by atoms with Crippen LogP contribution in [0.25, 0.3) is 0 Å². The highest BCUT2D eigenvalue weighted by Crippen LogP contribution is 2.51. The van der Waals surface area contributed by atoms with Gasteiger partial charge < -0.3 is 39.6 Å². The average molecular weight is 763 g/mol. The van der Waals surface area contributed by atoms with Gasteiger partial charge in [-0.05, 0) is 49.5 Å². The lowest BCUT2D eigenvalue weighted by molar-refractivity contribution is -0.900. The Hall–Kier alpha value is -3.10. The zero-order chi connectivity index (χ0) is 37.6. The van der Waals surface area contributed by atoms with Crippen LogP contribution in [0, 0.1) is 11.8 Å². The number of carbonyl (C=O) groups is 3. The molecule has 1 aliphatic carbocycles. The van der Waals surface area contributed by atoms with Crippen molar-refractivity contribution in [3.05, 3.63) is 60.2 Å². The predicted molar refractivity (Wildman–Crippen MR) is 193 cm³/mol. The SMILES string of the molecule is COP(=O)(O)C(NC(=O)CCC[NH+]1CCCCOB(C2(NC(=O)C(Cc3ccccc3)NC(=O)c3c[nH+]ccn3)CC2C(C)C)OCCCC1)P=O. The largest absolute Gasteiger partial charge is 0.484 e. The van der Waals surface area contributed by atoms with Gasteiger partial charge in [-0.2, -0.15) is 0 Å². The molecule has 5 unspecified atom stereocenters. The van der Waals surface area contributed by atoms with Crippen LogP contribution in [0.1, 0.15) is 74.8 Å². The van der Waals surface area contributed by atoms with Crippen LogP contribution in [0.15, 0.2) is 48.9 Å². The van der Waals surface area contributed by atoms with Crippen LogP contribution < -0.4 is 25.8 Å². The van der Waals surface area contributed by atoms with Gasteiger partial charge in [0, 0.05) is 39.6 Å². The quantitative estimate of drug-likeness (QED) is 0.124. The topological polar surface area (TPSA) is 201 Å². The van der Waals surface area contributed by atoms with E-state index in [1.165, 1.54) is 17.3 Å². The Morgan fingerprint density at radius 3 is 2.40 bits per heavy atom. The molecule has 1 saturated carbocycles. The molecule has 2 heterocycles. The number of amides is 3. The summed E-state index contributed by atoms with van der Waals surface area (Å²) < 4.78 is 40.6. The molecule has 4 rings (SSSR count). The maximum absolute atomic E-state index is 14.1. The third kappa shape index (κ3) is 12.2. The Morgan fingerprint density at radius 2 is 1.83 bits per heavy atom.